The summed E-state index contributed by atoms with van der Waals surface area (Å²) in [7, 11) is 0. The molecule has 2 unspecified atom stereocenters. The van der Waals surface area contributed by atoms with E-state index in [1.54, 1.807) is 4.90 Å². The first-order valence-corrected chi connectivity index (χ1v) is 6.37. The predicted octanol–water partition coefficient (Wildman–Crippen LogP) is 2.29. The molecule has 1 saturated heterocycles. The highest BCUT2D eigenvalue weighted by atomic mass is 35.5. The van der Waals surface area contributed by atoms with Crippen molar-refractivity contribution in [1.82, 2.24) is 4.90 Å². The van der Waals surface area contributed by atoms with E-state index in [2.05, 4.69) is 0 Å². The van der Waals surface area contributed by atoms with Crippen molar-refractivity contribution in [2.24, 2.45) is 11.7 Å². The van der Waals surface area contributed by atoms with Crippen LogP contribution >= 0.6 is 11.6 Å². The first-order chi connectivity index (χ1) is 8.50. The summed E-state index contributed by atoms with van der Waals surface area (Å²) in [5.41, 5.74) is 5.86. The summed E-state index contributed by atoms with van der Waals surface area (Å²) in [4.78, 5) is 13.9. The fraction of sp³-hybridized carbons (Fsp3) is 0.462. The molecule has 0 aliphatic carbocycles. The van der Waals surface area contributed by atoms with Gasteiger partial charge in [0, 0.05) is 19.1 Å². The number of rotatable bonds is 1. The third kappa shape index (κ3) is 2.49. The van der Waals surface area contributed by atoms with Gasteiger partial charge in [0.15, 0.2) is 0 Å². The topological polar surface area (TPSA) is 46.3 Å². The molecule has 0 bridgehead atoms. The molecule has 98 valence electrons. The number of carbonyl (C=O) groups is 1. The normalized spacial score (nSPS) is 24.1. The second-order valence-corrected chi connectivity index (χ2v) is 5.18. The molecule has 2 rings (SSSR count). The van der Waals surface area contributed by atoms with Gasteiger partial charge in [-0.3, -0.25) is 4.79 Å². The van der Waals surface area contributed by atoms with Gasteiger partial charge in [-0.25, -0.2) is 4.39 Å². The quantitative estimate of drug-likeness (QED) is 0.851. The van der Waals surface area contributed by atoms with Crippen LogP contribution in [0.2, 0.25) is 5.02 Å². The monoisotopic (exact) mass is 270 g/mol. The van der Waals surface area contributed by atoms with Gasteiger partial charge in [0.2, 0.25) is 0 Å². The van der Waals surface area contributed by atoms with Crippen molar-refractivity contribution in [2.45, 2.75) is 19.4 Å². The number of hydrogen-bond acceptors (Lipinski definition) is 2. The molecule has 18 heavy (non-hydrogen) atoms. The number of likely N-dealkylation sites (tertiary alicyclic amines) is 1. The first-order valence-electron chi connectivity index (χ1n) is 5.99. The Hall–Kier alpha value is -1.13. The maximum absolute atomic E-state index is 13.7. The van der Waals surface area contributed by atoms with Crippen molar-refractivity contribution in [1.29, 1.82) is 0 Å². The highest BCUT2D eigenvalue weighted by molar-refractivity contribution is 6.33. The van der Waals surface area contributed by atoms with Crippen LogP contribution in [0.1, 0.15) is 23.7 Å². The Kier molecular flexibility index (Phi) is 3.88. The number of hydrogen-bond donors (Lipinski definition) is 1. The zero-order valence-electron chi connectivity index (χ0n) is 10.2. The molecule has 0 aromatic heterocycles. The van der Waals surface area contributed by atoms with Gasteiger partial charge in [-0.05, 0) is 24.5 Å². The maximum Gasteiger partial charge on any atom is 0.258 e. The molecule has 1 fully saturated rings. The number of piperidine rings is 1. The smallest absolute Gasteiger partial charge is 0.258 e. The molecule has 1 aromatic rings. The Bertz CT molecular complexity index is 446. The molecule has 0 spiro atoms. The van der Waals surface area contributed by atoms with Crippen LogP contribution in [0, 0.1) is 11.7 Å². The van der Waals surface area contributed by atoms with Crippen LogP contribution < -0.4 is 5.73 Å². The Balaban J connectivity index is 2.22. The van der Waals surface area contributed by atoms with Crippen LogP contribution in [0.5, 0.6) is 0 Å². The van der Waals surface area contributed by atoms with E-state index >= 15 is 0 Å². The molecule has 1 aliphatic rings. The van der Waals surface area contributed by atoms with Gasteiger partial charge >= 0.3 is 0 Å². The molecule has 1 aliphatic heterocycles. The van der Waals surface area contributed by atoms with Crippen molar-refractivity contribution in [3.8, 4) is 0 Å². The van der Waals surface area contributed by atoms with Crippen molar-refractivity contribution < 1.29 is 9.18 Å². The molecule has 3 nitrogen and oxygen atoms in total. The van der Waals surface area contributed by atoms with Gasteiger partial charge < -0.3 is 10.6 Å². The highest BCUT2D eigenvalue weighted by Crippen LogP contribution is 2.23. The summed E-state index contributed by atoms with van der Waals surface area (Å²) in [5, 5.41) is 0.155. The Morgan fingerprint density at radius 3 is 2.89 bits per heavy atom. The number of benzene rings is 1. The highest BCUT2D eigenvalue weighted by Gasteiger charge is 2.29. The van der Waals surface area contributed by atoms with E-state index in [1.807, 2.05) is 6.92 Å². The van der Waals surface area contributed by atoms with Crippen LogP contribution in [-0.4, -0.2) is 29.9 Å². The van der Waals surface area contributed by atoms with Crippen LogP contribution in [0.4, 0.5) is 4.39 Å². The summed E-state index contributed by atoms with van der Waals surface area (Å²) < 4.78 is 13.7. The Morgan fingerprint density at radius 2 is 2.28 bits per heavy atom. The van der Waals surface area contributed by atoms with E-state index in [9.17, 15) is 9.18 Å². The van der Waals surface area contributed by atoms with E-state index in [4.69, 9.17) is 17.3 Å². The van der Waals surface area contributed by atoms with Crippen molar-refractivity contribution >= 4 is 17.5 Å². The molecule has 1 aromatic carbocycles. The fourth-order valence-corrected chi connectivity index (χ4v) is 2.45. The van der Waals surface area contributed by atoms with E-state index in [1.165, 1.54) is 18.2 Å². The summed E-state index contributed by atoms with van der Waals surface area (Å²) in [6.45, 7) is 3.09. The minimum atomic E-state index is -0.574. The minimum Gasteiger partial charge on any atom is -0.338 e. The molecule has 1 heterocycles. The van der Waals surface area contributed by atoms with Gasteiger partial charge in [-0.15, -0.1) is 0 Å². The van der Waals surface area contributed by atoms with Crippen LogP contribution in [-0.2, 0) is 0 Å². The number of amides is 1. The van der Waals surface area contributed by atoms with Gasteiger partial charge in [-0.2, -0.15) is 0 Å². The number of nitrogens with zero attached hydrogens (tertiary/aromatic N) is 1. The Morgan fingerprint density at radius 1 is 1.56 bits per heavy atom. The van der Waals surface area contributed by atoms with Crippen LogP contribution in [0.25, 0.3) is 0 Å². The molecule has 1 amide bonds. The molecular weight excluding hydrogens is 255 g/mol. The Labute approximate surface area is 111 Å². The first kappa shape index (κ1) is 13.3. The lowest BCUT2D eigenvalue weighted by atomic mass is 9.94. The van der Waals surface area contributed by atoms with E-state index in [-0.39, 0.29) is 28.5 Å². The average Bonchev–Trinajstić information content (AvgIpc) is 2.32. The van der Waals surface area contributed by atoms with E-state index < -0.39 is 5.82 Å². The van der Waals surface area contributed by atoms with Gasteiger partial charge in [-0.1, -0.05) is 24.6 Å². The maximum atomic E-state index is 13.7. The lowest BCUT2D eigenvalue weighted by molar-refractivity contribution is 0.0659. The third-order valence-electron chi connectivity index (χ3n) is 3.44. The van der Waals surface area contributed by atoms with Crippen molar-refractivity contribution in [3.05, 3.63) is 34.6 Å². The van der Waals surface area contributed by atoms with Crippen molar-refractivity contribution in [3.63, 3.8) is 0 Å². The minimum absolute atomic E-state index is 0.0400. The summed E-state index contributed by atoms with van der Waals surface area (Å²) in [5.74, 6) is -0.708. The zero-order chi connectivity index (χ0) is 13.3. The second-order valence-electron chi connectivity index (χ2n) is 4.78. The summed E-state index contributed by atoms with van der Waals surface area (Å²) >= 11 is 5.90. The van der Waals surface area contributed by atoms with Gasteiger partial charge in [0.25, 0.3) is 5.91 Å². The van der Waals surface area contributed by atoms with E-state index in [0.717, 1.165) is 6.42 Å². The summed E-state index contributed by atoms with van der Waals surface area (Å²) in [6, 6.07) is 4.36. The standard InChI is InChI=1S/C13H16ClFN2O/c1-8-7-17(6-5-11(8)16)13(18)12-9(14)3-2-4-10(12)15/h2-4,8,11H,5-7,16H2,1H3. The molecule has 2 atom stereocenters. The molecule has 0 radical (unpaired) electrons. The van der Waals surface area contributed by atoms with Crippen LogP contribution in [0.3, 0.4) is 0 Å². The van der Waals surface area contributed by atoms with E-state index in [0.29, 0.717) is 13.1 Å². The molecule has 0 saturated carbocycles. The SMILES string of the molecule is CC1CN(C(=O)c2c(F)cccc2Cl)CCC1N. The van der Waals surface area contributed by atoms with Gasteiger partial charge in [0.1, 0.15) is 5.82 Å². The predicted molar refractivity (Wildman–Crippen MR) is 69.1 cm³/mol. The number of carbonyl (C=O) groups excluding carboxylic acids is 1. The van der Waals surface area contributed by atoms with Crippen LogP contribution in [0.15, 0.2) is 18.2 Å². The van der Waals surface area contributed by atoms with Gasteiger partial charge in [0.05, 0.1) is 10.6 Å². The summed E-state index contributed by atoms with van der Waals surface area (Å²) in [6.07, 6.45) is 0.735. The second kappa shape index (κ2) is 5.24. The van der Waals surface area contributed by atoms with Crippen molar-refractivity contribution in [2.75, 3.05) is 13.1 Å². The number of nitrogens with two attached hydrogens (primary N) is 1. The zero-order valence-corrected chi connectivity index (χ0v) is 11.0. The lowest BCUT2D eigenvalue weighted by Crippen LogP contribution is -2.48. The largest absolute Gasteiger partial charge is 0.338 e. The third-order valence-corrected chi connectivity index (χ3v) is 3.75. The number of halogens is 2. The average molecular weight is 271 g/mol. The fourth-order valence-electron chi connectivity index (χ4n) is 2.21. The molecule has 2 N–H and O–H groups in total. The molecular formula is C13H16ClFN2O. The lowest BCUT2D eigenvalue weighted by Gasteiger charge is -2.35. The molecule has 5 heteroatoms.